The molecular weight excluding hydrogens is 394 g/mol. The van der Waals surface area contributed by atoms with E-state index < -0.39 is 26.2 Å². The van der Waals surface area contributed by atoms with Crippen LogP contribution in [0.15, 0.2) is 47.4 Å². The fourth-order valence-corrected chi connectivity index (χ4v) is 6.48. The molecule has 29 heavy (non-hydrogen) atoms. The van der Waals surface area contributed by atoms with Crippen LogP contribution in [0.25, 0.3) is 0 Å². The van der Waals surface area contributed by atoms with Gasteiger partial charge in [0, 0.05) is 12.0 Å². The Labute approximate surface area is 171 Å². The summed E-state index contributed by atoms with van der Waals surface area (Å²) < 4.78 is 54.7. The third kappa shape index (κ3) is 4.27. The van der Waals surface area contributed by atoms with E-state index in [0.717, 1.165) is 23.8 Å². The molecule has 3 nitrogen and oxygen atoms in total. The van der Waals surface area contributed by atoms with Crippen molar-refractivity contribution in [1.82, 2.24) is 0 Å². The van der Waals surface area contributed by atoms with E-state index in [-0.39, 0.29) is 35.0 Å². The number of rotatable bonds is 6. The Bertz CT molecular complexity index is 989. The topological polar surface area (TPSA) is 51.2 Å². The Morgan fingerprint density at radius 3 is 2.28 bits per heavy atom. The van der Waals surface area contributed by atoms with Crippen molar-refractivity contribution in [2.45, 2.75) is 62.0 Å². The number of hydrogen-bond acceptors (Lipinski definition) is 3. The van der Waals surface area contributed by atoms with Crippen molar-refractivity contribution in [2.24, 2.45) is 5.92 Å². The largest absolute Gasteiger partial charge is 0.300 e. The quantitative estimate of drug-likeness (QED) is 0.620. The highest BCUT2D eigenvalue weighted by molar-refractivity contribution is 7.92. The van der Waals surface area contributed by atoms with Crippen LogP contribution in [-0.4, -0.2) is 14.2 Å². The summed E-state index contributed by atoms with van der Waals surface area (Å²) >= 11 is 0. The summed E-state index contributed by atoms with van der Waals surface area (Å²) in [4.78, 5) is 11.4. The molecule has 0 heterocycles. The molecule has 1 fully saturated rings. The van der Waals surface area contributed by atoms with Crippen molar-refractivity contribution < 1.29 is 22.0 Å². The summed E-state index contributed by atoms with van der Waals surface area (Å²) in [5, 5.41) is 0. The third-order valence-electron chi connectivity index (χ3n) is 6.08. The molecule has 0 N–H and O–H groups in total. The number of halogens is 2. The van der Waals surface area contributed by atoms with Gasteiger partial charge in [-0.05, 0) is 82.2 Å². The number of sulfone groups is 1. The Morgan fingerprint density at radius 1 is 1.07 bits per heavy atom. The van der Waals surface area contributed by atoms with Gasteiger partial charge in [0.05, 0.1) is 4.90 Å². The van der Waals surface area contributed by atoms with E-state index in [9.17, 15) is 22.0 Å². The highest BCUT2D eigenvalue weighted by Gasteiger charge is 2.49. The van der Waals surface area contributed by atoms with Crippen LogP contribution in [-0.2, 0) is 19.4 Å². The van der Waals surface area contributed by atoms with E-state index >= 15 is 0 Å². The monoisotopic (exact) mass is 420 g/mol. The normalized spacial score (nSPS) is 22.4. The number of benzene rings is 2. The lowest BCUT2D eigenvalue weighted by atomic mass is 9.76. The zero-order chi connectivity index (χ0) is 21.2. The van der Waals surface area contributed by atoms with Crippen molar-refractivity contribution >= 4 is 15.6 Å². The molecule has 0 bridgehead atoms. The summed E-state index contributed by atoms with van der Waals surface area (Å²) in [6.45, 7) is 3.40. The molecule has 6 heteroatoms. The molecule has 0 radical (unpaired) electrons. The molecule has 1 aliphatic carbocycles. The summed E-state index contributed by atoms with van der Waals surface area (Å²) in [6, 6.07) is 9.51. The summed E-state index contributed by atoms with van der Waals surface area (Å²) in [7, 11) is -3.96. The molecule has 0 spiro atoms. The molecular formula is C23H26F2O3S. The van der Waals surface area contributed by atoms with Crippen LogP contribution >= 0.6 is 0 Å². The first-order valence-corrected chi connectivity index (χ1v) is 11.4. The second kappa shape index (κ2) is 8.34. The van der Waals surface area contributed by atoms with Crippen molar-refractivity contribution in [2.75, 3.05) is 0 Å². The van der Waals surface area contributed by atoms with E-state index in [1.165, 1.54) is 19.1 Å². The minimum atomic E-state index is -3.96. The van der Waals surface area contributed by atoms with Crippen molar-refractivity contribution in [3.8, 4) is 0 Å². The lowest BCUT2D eigenvalue weighted by molar-refractivity contribution is -0.117. The van der Waals surface area contributed by atoms with Gasteiger partial charge >= 0.3 is 0 Å². The summed E-state index contributed by atoms with van der Waals surface area (Å²) in [6.07, 6.45) is 2.65. The SMILES string of the molecule is CC(=O)CCC1CCC(c2cc(F)ccc2F)(S(=O)(=O)c2ccc(C)cc2)CC1. The molecule has 0 aliphatic heterocycles. The molecule has 1 aliphatic rings. The number of Topliss-reactive ketones (excluding diaryl/α,β-unsaturated/α-hetero) is 1. The van der Waals surface area contributed by atoms with Gasteiger partial charge in [0.2, 0.25) is 0 Å². The number of carbonyl (C=O) groups excluding carboxylic acids is 1. The summed E-state index contributed by atoms with van der Waals surface area (Å²) in [5.74, 6) is -1.05. The maximum absolute atomic E-state index is 14.8. The van der Waals surface area contributed by atoms with Gasteiger partial charge in [-0.1, -0.05) is 17.7 Å². The first kappa shape index (κ1) is 21.6. The van der Waals surface area contributed by atoms with Gasteiger partial charge in [0.15, 0.2) is 9.84 Å². The molecule has 2 aromatic carbocycles. The molecule has 0 saturated heterocycles. The smallest absolute Gasteiger partial charge is 0.188 e. The minimum Gasteiger partial charge on any atom is -0.300 e. The van der Waals surface area contributed by atoms with Crippen LogP contribution in [0.3, 0.4) is 0 Å². The molecule has 2 aromatic rings. The fraction of sp³-hybridized carbons (Fsp3) is 0.435. The Kier molecular flexibility index (Phi) is 6.22. The maximum Gasteiger partial charge on any atom is 0.188 e. The average molecular weight is 421 g/mol. The van der Waals surface area contributed by atoms with Gasteiger partial charge in [-0.2, -0.15) is 0 Å². The Morgan fingerprint density at radius 2 is 1.69 bits per heavy atom. The molecule has 0 amide bonds. The van der Waals surface area contributed by atoms with Crippen molar-refractivity contribution in [3.05, 3.63) is 65.2 Å². The lowest BCUT2D eigenvalue weighted by Gasteiger charge is -2.40. The van der Waals surface area contributed by atoms with Gasteiger partial charge in [-0.25, -0.2) is 17.2 Å². The predicted molar refractivity (Wildman–Crippen MR) is 108 cm³/mol. The standard InChI is InChI=1S/C23H26F2O3S/c1-16-3-8-20(9-4-16)29(27,28)23(21-15-19(24)7-10-22(21)25)13-11-18(12-14-23)6-5-17(2)26/h3-4,7-10,15,18H,5-6,11-14H2,1-2H3. The average Bonchev–Trinajstić information content (AvgIpc) is 2.69. The highest BCUT2D eigenvalue weighted by Crippen LogP contribution is 2.49. The van der Waals surface area contributed by atoms with Crippen LogP contribution in [0.2, 0.25) is 0 Å². The molecule has 0 aromatic heterocycles. The van der Waals surface area contributed by atoms with Crippen LogP contribution in [0.5, 0.6) is 0 Å². The number of ketones is 1. The van der Waals surface area contributed by atoms with Gasteiger partial charge in [0.1, 0.15) is 22.2 Å². The Balaban J connectivity index is 2.05. The zero-order valence-corrected chi connectivity index (χ0v) is 17.6. The van der Waals surface area contributed by atoms with Crippen LogP contribution < -0.4 is 0 Å². The van der Waals surface area contributed by atoms with Crippen molar-refractivity contribution in [1.29, 1.82) is 0 Å². The number of hydrogen-bond donors (Lipinski definition) is 0. The van der Waals surface area contributed by atoms with Gasteiger partial charge < -0.3 is 4.79 Å². The Hall–Kier alpha value is -2.08. The van der Waals surface area contributed by atoms with E-state index in [1.807, 2.05) is 6.92 Å². The molecule has 3 rings (SSSR count). The molecule has 0 atom stereocenters. The van der Waals surface area contributed by atoms with Gasteiger partial charge in [0.25, 0.3) is 0 Å². The predicted octanol–water partition coefficient (Wildman–Crippen LogP) is 5.50. The summed E-state index contributed by atoms with van der Waals surface area (Å²) in [5.41, 5.74) is 0.825. The van der Waals surface area contributed by atoms with Crippen LogP contribution in [0.1, 0.15) is 56.6 Å². The number of carbonyl (C=O) groups is 1. The fourth-order valence-electron chi connectivity index (χ4n) is 4.31. The van der Waals surface area contributed by atoms with Gasteiger partial charge in [-0.3, -0.25) is 0 Å². The van der Waals surface area contributed by atoms with Gasteiger partial charge in [-0.15, -0.1) is 0 Å². The first-order chi connectivity index (χ1) is 13.7. The van der Waals surface area contributed by atoms with E-state index in [2.05, 4.69) is 0 Å². The highest BCUT2D eigenvalue weighted by atomic mass is 32.2. The van der Waals surface area contributed by atoms with E-state index in [4.69, 9.17) is 0 Å². The second-order valence-corrected chi connectivity index (χ2v) is 10.4. The molecule has 156 valence electrons. The lowest BCUT2D eigenvalue weighted by Crippen LogP contribution is -2.40. The minimum absolute atomic E-state index is 0.0944. The van der Waals surface area contributed by atoms with E-state index in [1.54, 1.807) is 12.1 Å². The zero-order valence-electron chi connectivity index (χ0n) is 16.8. The third-order valence-corrected chi connectivity index (χ3v) is 8.63. The maximum atomic E-state index is 14.8. The second-order valence-electron chi connectivity index (χ2n) is 8.12. The first-order valence-electron chi connectivity index (χ1n) is 9.92. The van der Waals surface area contributed by atoms with Crippen LogP contribution in [0.4, 0.5) is 8.78 Å². The van der Waals surface area contributed by atoms with E-state index in [0.29, 0.717) is 25.7 Å². The van der Waals surface area contributed by atoms with Crippen molar-refractivity contribution in [3.63, 3.8) is 0 Å². The van der Waals surface area contributed by atoms with Crippen LogP contribution in [0, 0.1) is 24.5 Å². The molecule has 0 unspecified atom stereocenters. The number of aryl methyl sites for hydroxylation is 1. The molecule has 1 saturated carbocycles.